The Bertz CT molecular complexity index is 734. The van der Waals surface area contributed by atoms with E-state index in [1.807, 2.05) is 31.2 Å². The molecule has 2 amide bonds. The summed E-state index contributed by atoms with van der Waals surface area (Å²) in [7, 11) is 1.41. The van der Waals surface area contributed by atoms with Gasteiger partial charge in [0.05, 0.1) is 25.0 Å². The van der Waals surface area contributed by atoms with E-state index in [2.05, 4.69) is 5.32 Å². The van der Waals surface area contributed by atoms with Gasteiger partial charge in [0.2, 0.25) is 11.8 Å². The van der Waals surface area contributed by atoms with Gasteiger partial charge in [0, 0.05) is 13.1 Å². The first-order chi connectivity index (χ1) is 11.9. The van der Waals surface area contributed by atoms with Crippen LogP contribution in [-0.4, -0.2) is 53.6 Å². The van der Waals surface area contributed by atoms with Crippen LogP contribution in [0.15, 0.2) is 24.3 Å². The first-order valence-electron chi connectivity index (χ1n) is 8.31. The number of nitrogens with zero attached hydrogens (tertiary/aromatic N) is 1. The molecule has 0 saturated carbocycles. The predicted molar refractivity (Wildman–Crippen MR) is 88.3 cm³/mol. The fraction of sp³-hybridized carbons (Fsp3) is 0.500. The highest BCUT2D eigenvalue weighted by Crippen LogP contribution is 2.49. The lowest BCUT2D eigenvalue weighted by Crippen LogP contribution is -2.58. The second kappa shape index (κ2) is 6.24. The number of amides is 2. The third-order valence-corrected chi connectivity index (χ3v) is 5.29. The van der Waals surface area contributed by atoms with Gasteiger partial charge >= 0.3 is 5.97 Å². The third-order valence-electron chi connectivity index (χ3n) is 5.29. The number of esters is 1. The van der Waals surface area contributed by atoms with Crippen LogP contribution in [-0.2, 0) is 19.1 Å². The number of likely N-dealkylation sites (tertiary alicyclic amines) is 1. The first kappa shape index (κ1) is 17.6. The SMILES string of the molecule is CCOC(=O)[C@]1(CO)N[C@@H](c2ccccc2C)[C@H]2C(=O)N(C)C(=O)[C@@H]21. The quantitative estimate of drug-likeness (QED) is 0.596. The van der Waals surface area contributed by atoms with Gasteiger partial charge in [-0.2, -0.15) is 0 Å². The molecule has 0 bridgehead atoms. The number of aliphatic hydroxyl groups is 1. The van der Waals surface area contributed by atoms with Gasteiger partial charge in [-0.25, -0.2) is 4.79 Å². The zero-order chi connectivity index (χ0) is 18.4. The molecule has 0 aliphatic carbocycles. The Hall–Kier alpha value is -2.25. The smallest absolute Gasteiger partial charge is 0.329 e. The second-order valence-corrected chi connectivity index (χ2v) is 6.57. The number of aryl methyl sites for hydroxylation is 1. The van der Waals surface area contributed by atoms with Crippen molar-refractivity contribution in [1.29, 1.82) is 0 Å². The van der Waals surface area contributed by atoms with Crippen LogP contribution in [0.2, 0.25) is 0 Å². The van der Waals surface area contributed by atoms with Gasteiger partial charge < -0.3 is 9.84 Å². The summed E-state index contributed by atoms with van der Waals surface area (Å²) in [6.07, 6.45) is 0. The molecule has 25 heavy (non-hydrogen) atoms. The maximum Gasteiger partial charge on any atom is 0.329 e. The summed E-state index contributed by atoms with van der Waals surface area (Å²) >= 11 is 0. The maximum absolute atomic E-state index is 12.7. The molecule has 134 valence electrons. The van der Waals surface area contributed by atoms with Crippen LogP contribution in [0.5, 0.6) is 0 Å². The molecule has 2 saturated heterocycles. The first-order valence-corrected chi connectivity index (χ1v) is 8.31. The van der Waals surface area contributed by atoms with E-state index in [0.29, 0.717) is 0 Å². The molecule has 7 heteroatoms. The van der Waals surface area contributed by atoms with E-state index in [-0.39, 0.29) is 12.5 Å². The van der Waals surface area contributed by atoms with E-state index >= 15 is 0 Å². The highest BCUT2D eigenvalue weighted by atomic mass is 16.5. The molecule has 2 aliphatic rings. The minimum absolute atomic E-state index is 0.118. The molecule has 2 heterocycles. The number of ether oxygens (including phenoxy) is 1. The molecule has 1 aromatic carbocycles. The monoisotopic (exact) mass is 346 g/mol. The van der Waals surface area contributed by atoms with Crippen LogP contribution in [0.3, 0.4) is 0 Å². The normalized spacial score (nSPS) is 31.4. The third kappa shape index (κ3) is 2.38. The van der Waals surface area contributed by atoms with Gasteiger partial charge in [0.15, 0.2) is 5.54 Å². The van der Waals surface area contributed by atoms with Crippen molar-refractivity contribution >= 4 is 17.8 Å². The van der Waals surface area contributed by atoms with Gasteiger partial charge in [0.25, 0.3) is 0 Å². The molecule has 2 fully saturated rings. The summed E-state index contributed by atoms with van der Waals surface area (Å²) < 4.78 is 5.12. The summed E-state index contributed by atoms with van der Waals surface area (Å²) in [5, 5.41) is 13.1. The Kier molecular flexibility index (Phi) is 4.38. The Morgan fingerprint density at radius 1 is 1.32 bits per heavy atom. The fourth-order valence-corrected chi connectivity index (χ4v) is 4.01. The summed E-state index contributed by atoms with van der Waals surface area (Å²) in [6, 6.07) is 6.93. The van der Waals surface area contributed by atoms with Crippen LogP contribution in [0.4, 0.5) is 0 Å². The number of benzene rings is 1. The summed E-state index contributed by atoms with van der Waals surface area (Å²) in [5.41, 5.74) is 0.144. The molecule has 4 atom stereocenters. The average molecular weight is 346 g/mol. The van der Waals surface area contributed by atoms with Crippen LogP contribution in [0, 0.1) is 18.8 Å². The van der Waals surface area contributed by atoms with E-state index in [1.165, 1.54) is 7.05 Å². The molecule has 3 rings (SSSR count). The van der Waals surface area contributed by atoms with Crippen LogP contribution >= 0.6 is 0 Å². The maximum atomic E-state index is 12.7. The molecular formula is C18H22N2O5. The zero-order valence-corrected chi connectivity index (χ0v) is 14.5. The number of imide groups is 1. The van der Waals surface area contributed by atoms with Crippen molar-refractivity contribution in [2.24, 2.45) is 11.8 Å². The highest BCUT2D eigenvalue weighted by molar-refractivity contribution is 6.09. The van der Waals surface area contributed by atoms with E-state index in [4.69, 9.17) is 4.74 Å². The van der Waals surface area contributed by atoms with Crippen molar-refractivity contribution in [3.63, 3.8) is 0 Å². The lowest BCUT2D eigenvalue weighted by atomic mass is 9.79. The predicted octanol–water partition coefficient (Wildman–Crippen LogP) is 0.165. The molecule has 0 spiro atoms. The van der Waals surface area contributed by atoms with Crippen molar-refractivity contribution in [3.05, 3.63) is 35.4 Å². The van der Waals surface area contributed by atoms with E-state index < -0.39 is 41.9 Å². The second-order valence-electron chi connectivity index (χ2n) is 6.57. The van der Waals surface area contributed by atoms with Gasteiger partial charge in [-0.3, -0.25) is 19.8 Å². The number of hydrogen-bond donors (Lipinski definition) is 2. The number of carbonyl (C=O) groups excluding carboxylic acids is 3. The topological polar surface area (TPSA) is 95.9 Å². The van der Waals surface area contributed by atoms with Crippen molar-refractivity contribution in [2.75, 3.05) is 20.3 Å². The van der Waals surface area contributed by atoms with Crippen LogP contribution in [0.1, 0.15) is 24.1 Å². The van der Waals surface area contributed by atoms with Crippen LogP contribution < -0.4 is 5.32 Å². The lowest BCUT2D eigenvalue weighted by molar-refractivity contribution is -0.158. The van der Waals surface area contributed by atoms with Gasteiger partial charge in [-0.05, 0) is 25.0 Å². The minimum Gasteiger partial charge on any atom is -0.465 e. The zero-order valence-electron chi connectivity index (χ0n) is 14.5. The van der Waals surface area contributed by atoms with Crippen molar-refractivity contribution in [2.45, 2.75) is 25.4 Å². The average Bonchev–Trinajstić information content (AvgIpc) is 3.06. The van der Waals surface area contributed by atoms with Crippen molar-refractivity contribution in [1.82, 2.24) is 10.2 Å². The Balaban J connectivity index is 2.14. The summed E-state index contributed by atoms with van der Waals surface area (Å²) in [6.45, 7) is 3.05. The standard InChI is InChI=1S/C18H22N2O5/c1-4-25-17(24)18(9-21)13-12(15(22)20(3)16(13)23)14(19-18)11-8-6-5-7-10(11)2/h5-8,12-14,19,21H,4,9H2,1-3H3/t12-,13+,14-,18+/m0/s1. The Labute approximate surface area is 146 Å². The minimum atomic E-state index is -1.62. The largest absolute Gasteiger partial charge is 0.465 e. The molecule has 1 aromatic rings. The number of carbonyl (C=O) groups is 3. The van der Waals surface area contributed by atoms with E-state index in [9.17, 15) is 19.5 Å². The highest BCUT2D eigenvalue weighted by Gasteiger charge is 2.68. The lowest BCUT2D eigenvalue weighted by Gasteiger charge is -2.30. The molecule has 0 unspecified atom stereocenters. The van der Waals surface area contributed by atoms with E-state index in [1.54, 1.807) is 6.92 Å². The van der Waals surface area contributed by atoms with Gasteiger partial charge in [-0.15, -0.1) is 0 Å². The Morgan fingerprint density at radius 3 is 2.60 bits per heavy atom. The van der Waals surface area contributed by atoms with Crippen molar-refractivity contribution < 1.29 is 24.2 Å². The molecule has 2 aliphatic heterocycles. The van der Waals surface area contributed by atoms with Gasteiger partial charge in [0.1, 0.15) is 0 Å². The molecular weight excluding hydrogens is 324 g/mol. The summed E-state index contributed by atoms with van der Waals surface area (Å²) in [5.74, 6) is -3.27. The van der Waals surface area contributed by atoms with E-state index in [0.717, 1.165) is 16.0 Å². The molecule has 7 nitrogen and oxygen atoms in total. The van der Waals surface area contributed by atoms with Crippen molar-refractivity contribution in [3.8, 4) is 0 Å². The molecule has 2 N–H and O–H groups in total. The Morgan fingerprint density at radius 2 is 2.00 bits per heavy atom. The molecule has 0 radical (unpaired) electrons. The fourth-order valence-electron chi connectivity index (χ4n) is 4.01. The number of rotatable bonds is 4. The van der Waals surface area contributed by atoms with Gasteiger partial charge in [-0.1, -0.05) is 24.3 Å². The number of nitrogens with one attached hydrogen (secondary N) is 1. The summed E-state index contributed by atoms with van der Waals surface area (Å²) in [4.78, 5) is 39.1. The van der Waals surface area contributed by atoms with Crippen LogP contribution in [0.25, 0.3) is 0 Å². The molecule has 0 aromatic heterocycles. The number of hydrogen-bond acceptors (Lipinski definition) is 6. The number of aliphatic hydroxyl groups excluding tert-OH is 1. The number of fused-ring (bicyclic) bond motifs is 1.